The van der Waals surface area contributed by atoms with Gasteiger partial charge in [-0.1, -0.05) is 0 Å². The third-order valence-electron chi connectivity index (χ3n) is 3.85. The van der Waals surface area contributed by atoms with Crippen LogP contribution in [0.3, 0.4) is 0 Å². The van der Waals surface area contributed by atoms with E-state index < -0.39 is 0 Å². The molecule has 0 aromatic carbocycles. The molecule has 3 rings (SSSR count). The van der Waals surface area contributed by atoms with Crippen LogP contribution < -0.4 is 0 Å². The molecule has 0 bridgehead atoms. The van der Waals surface area contributed by atoms with Crippen molar-refractivity contribution in [2.75, 3.05) is 6.54 Å². The van der Waals surface area contributed by atoms with E-state index >= 15 is 0 Å². The van der Waals surface area contributed by atoms with E-state index in [0.717, 1.165) is 32.0 Å². The van der Waals surface area contributed by atoms with Gasteiger partial charge in [0, 0.05) is 25.0 Å². The summed E-state index contributed by atoms with van der Waals surface area (Å²) in [4.78, 5) is 11.0. The molecule has 0 radical (unpaired) electrons. The van der Waals surface area contributed by atoms with Crippen molar-refractivity contribution in [3.8, 4) is 0 Å². The Morgan fingerprint density at radius 2 is 2.37 bits per heavy atom. The van der Waals surface area contributed by atoms with E-state index in [0.29, 0.717) is 6.04 Å². The zero-order chi connectivity index (χ0) is 13.1. The molecule has 0 unspecified atom stereocenters. The fraction of sp³-hybridized carbons (Fsp3) is 0.615. The summed E-state index contributed by atoms with van der Waals surface area (Å²) in [5.74, 6) is 1.16. The second-order valence-corrected chi connectivity index (χ2v) is 5.01. The van der Waals surface area contributed by atoms with Crippen molar-refractivity contribution >= 4 is 0 Å². The second-order valence-electron chi connectivity index (χ2n) is 5.01. The third kappa shape index (κ3) is 2.68. The highest BCUT2D eigenvalue weighted by Gasteiger charge is 2.26. The molecule has 2 aromatic heterocycles. The van der Waals surface area contributed by atoms with Gasteiger partial charge in [0.1, 0.15) is 18.5 Å². The van der Waals surface area contributed by atoms with Crippen LogP contribution in [0.2, 0.25) is 0 Å². The van der Waals surface area contributed by atoms with Crippen molar-refractivity contribution in [3.63, 3.8) is 0 Å². The molecule has 0 aliphatic carbocycles. The number of hydrogen-bond donors (Lipinski definition) is 0. The van der Waals surface area contributed by atoms with Crippen molar-refractivity contribution < 1.29 is 0 Å². The van der Waals surface area contributed by atoms with Crippen LogP contribution in [0, 0.1) is 0 Å². The quantitative estimate of drug-likeness (QED) is 0.809. The van der Waals surface area contributed by atoms with Crippen LogP contribution in [-0.4, -0.2) is 41.8 Å². The standard InChI is InChI=1S/C13H20N6/c1-2-17-7-5-15-13(17)9-18-6-3-4-12(18)8-19-11-14-10-16-19/h5,7,10-12H,2-4,6,8-9H2,1H3/t12-/m0/s1. The minimum Gasteiger partial charge on any atom is -0.334 e. The third-order valence-corrected chi connectivity index (χ3v) is 3.85. The Balaban J connectivity index is 1.66. The number of likely N-dealkylation sites (tertiary alicyclic amines) is 1. The first kappa shape index (κ1) is 12.3. The fourth-order valence-electron chi connectivity index (χ4n) is 2.81. The Bertz CT molecular complexity index is 503. The summed E-state index contributed by atoms with van der Waals surface area (Å²) in [6.07, 6.45) is 9.82. The van der Waals surface area contributed by atoms with Crippen molar-refractivity contribution in [1.29, 1.82) is 0 Å². The highest BCUT2D eigenvalue weighted by atomic mass is 15.3. The van der Waals surface area contributed by atoms with Gasteiger partial charge in [0.05, 0.1) is 13.1 Å². The Morgan fingerprint density at radius 1 is 1.42 bits per heavy atom. The number of aromatic nitrogens is 5. The molecule has 1 aliphatic heterocycles. The number of nitrogens with zero attached hydrogens (tertiary/aromatic N) is 6. The molecule has 0 saturated carbocycles. The monoisotopic (exact) mass is 260 g/mol. The first-order valence-electron chi connectivity index (χ1n) is 6.93. The molecule has 19 heavy (non-hydrogen) atoms. The predicted octanol–water partition coefficient (Wildman–Crippen LogP) is 1.16. The van der Waals surface area contributed by atoms with Gasteiger partial charge in [-0.25, -0.2) is 9.97 Å². The zero-order valence-corrected chi connectivity index (χ0v) is 11.3. The van der Waals surface area contributed by atoms with E-state index in [-0.39, 0.29) is 0 Å². The molecule has 1 aliphatic rings. The largest absolute Gasteiger partial charge is 0.334 e. The molecule has 0 spiro atoms. The number of hydrogen-bond acceptors (Lipinski definition) is 4. The summed E-state index contributed by atoms with van der Waals surface area (Å²) in [6.45, 7) is 6.14. The smallest absolute Gasteiger partial charge is 0.137 e. The molecule has 1 saturated heterocycles. The first-order chi connectivity index (χ1) is 9.36. The van der Waals surface area contributed by atoms with E-state index in [1.807, 2.05) is 10.9 Å². The Hall–Kier alpha value is -1.69. The van der Waals surface area contributed by atoms with Gasteiger partial charge in [-0.05, 0) is 26.3 Å². The molecule has 6 heteroatoms. The van der Waals surface area contributed by atoms with E-state index in [2.05, 4.69) is 37.7 Å². The first-order valence-corrected chi connectivity index (χ1v) is 6.93. The minimum atomic E-state index is 0.545. The predicted molar refractivity (Wildman–Crippen MR) is 71.4 cm³/mol. The second kappa shape index (κ2) is 5.52. The number of rotatable bonds is 5. The highest BCUT2D eigenvalue weighted by molar-refractivity contribution is 4.94. The maximum Gasteiger partial charge on any atom is 0.137 e. The molecule has 0 amide bonds. The van der Waals surface area contributed by atoms with Gasteiger partial charge in [-0.3, -0.25) is 9.58 Å². The SMILES string of the molecule is CCn1ccnc1CN1CCC[C@H]1Cn1cncn1. The summed E-state index contributed by atoms with van der Waals surface area (Å²) in [5.41, 5.74) is 0. The van der Waals surface area contributed by atoms with Gasteiger partial charge in [0.15, 0.2) is 0 Å². The Kier molecular flexibility index (Phi) is 3.59. The average Bonchev–Trinajstić information content (AvgIpc) is 3.14. The molecular formula is C13H20N6. The van der Waals surface area contributed by atoms with E-state index in [4.69, 9.17) is 0 Å². The van der Waals surface area contributed by atoms with Crippen LogP contribution in [0.1, 0.15) is 25.6 Å². The molecule has 1 atom stereocenters. The lowest BCUT2D eigenvalue weighted by atomic mass is 10.2. The molecule has 2 aromatic rings. The van der Waals surface area contributed by atoms with Gasteiger partial charge in [0.25, 0.3) is 0 Å². The lowest BCUT2D eigenvalue weighted by Crippen LogP contribution is -2.33. The topological polar surface area (TPSA) is 51.8 Å². The summed E-state index contributed by atoms with van der Waals surface area (Å²) < 4.78 is 4.14. The van der Waals surface area contributed by atoms with Gasteiger partial charge in [-0.15, -0.1) is 0 Å². The van der Waals surface area contributed by atoms with Gasteiger partial charge >= 0.3 is 0 Å². The van der Waals surface area contributed by atoms with Gasteiger partial charge < -0.3 is 4.57 Å². The number of aryl methyl sites for hydroxylation is 1. The van der Waals surface area contributed by atoms with Gasteiger partial charge in [0.2, 0.25) is 0 Å². The van der Waals surface area contributed by atoms with Crippen LogP contribution in [0.15, 0.2) is 25.0 Å². The van der Waals surface area contributed by atoms with Crippen LogP contribution in [0.5, 0.6) is 0 Å². The normalized spacial score (nSPS) is 20.2. The maximum absolute atomic E-state index is 4.47. The molecule has 3 heterocycles. The fourth-order valence-corrected chi connectivity index (χ4v) is 2.81. The van der Waals surface area contributed by atoms with Crippen LogP contribution in [0.4, 0.5) is 0 Å². The molecule has 6 nitrogen and oxygen atoms in total. The molecule has 0 N–H and O–H groups in total. The van der Waals surface area contributed by atoms with Gasteiger partial charge in [-0.2, -0.15) is 5.10 Å². The van der Waals surface area contributed by atoms with Crippen LogP contribution in [0.25, 0.3) is 0 Å². The molecular weight excluding hydrogens is 240 g/mol. The zero-order valence-electron chi connectivity index (χ0n) is 11.3. The van der Waals surface area contributed by atoms with E-state index in [1.165, 1.54) is 12.8 Å². The number of imidazole rings is 1. The van der Waals surface area contributed by atoms with Crippen molar-refractivity contribution in [1.82, 2.24) is 29.2 Å². The maximum atomic E-state index is 4.47. The van der Waals surface area contributed by atoms with E-state index in [9.17, 15) is 0 Å². The van der Waals surface area contributed by atoms with Crippen molar-refractivity contribution in [2.24, 2.45) is 0 Å². The summed E-state index contributed by atoms with van der Waals surface area (Å²) in [6, 6.07) is 0.545. The van der Waals surface area contributed by atoms with E-state index in [1.54, 1.807) is 12.7 Å². The molecule has 102 valence electrons. The average molecular weight is 260 g/mol. The summed E-state index contributed by atoms with van der Waals surface area (Å²) in [5, 5.41) is 4.20. The molecule has 1 fully saturated rings. The van der Waals surface area contributed by atoms with Crippen LogP contribution >= 0.6 is 0 Å². The Morgan fingerprint density at radius 3 is 3.16 bits per heavy atom. The highest BCUT2D eigenvalue weighted by Crippen LogP contribution is 2.20. The lowest BCUT2D eigenvalue weighted by molar-refractivity contribution is 0.211. The van der Waals surface area contributed by atoms with Crippen LogP contribution in [-0.2, 0) is 19.6 Å². The lowest BCUT2D eigenvalue weighted by Gasteiger charge is -2.24. The Labute approximate surface area is 113 Å². The minimum absolute atomic E-state index is 0.545. The summed E-state index contributed by atoms with van der Waals surface area (Å²) in [7, 11) is 0. The summed E-state index contributed by atoms with van der Waals surface area (Å²) >= 11 is 0. The van der Waals surface area contributed by atoms with Crippen molar-refractivity contribution in [3.05, 3.63) is 30.9 Å². The van der Waals surface area contributed by atoms with Crippen molar-refractivity contribution in [2.45, 2.75) is 45.4 Å².